The van der Waals surface area contributed by atoms with Crippen molar-refractivity contribution in [2.45, 2.75) is 34.3 Å². The number of imide groups is 2. The van der Waals surface area contributed by atoms with Crippen LogP contribution in [0.25, 0.3) is 6.08 Å². The van der Waals surface area contributed by atoms with Crippen molar-refractivity contribution in [1.29, 1.82) is 0 Å². The van der Waals surface area contributed by atoms with Crippen LogP contribution in [0, 0.1) is 24.3 Å². The Morgan fingerprint density at radius 2 is 1.68 bits per heavy atom. The Morgan fingerprint density at radius 3 is 2.34 bits per heavy atom. The van der Waals surface area contributed by atoms with Crippen LogP contribution in [-0.2, 0) is 16.2 Å². The van der Waals surface area contributed by atoms with Crippen molar-refractivity contribution in [2.24, 2.45) is 0 Å². The summed E-state index contributed by atoms with van der Waals surface area (Å²) in [7, 11) is 0. The van der Waals surface area contributed by atoms with Crippen molar-refractivity contribution < 1.29 is 23.9 Å². The van der Waals surface area contributed by atoms with E-state index in [1.807, 2.05) is 27.7 Å². The summed E-state index contributed by atoms with van der Waals surface area (Å²) in [5.74, 6) is -0.386. The lowest BCUT2D eigenvalue weighted by Crippen LogP contribution is -2.54. The highest BCUT2D eigenvalue weighted by Gasteiger charge is 2.37. The number of barbiturate groups is 1. The van der Waals surface area contributed by atoms with Gasteiger partial charge in [-0.3, -0.25) is 14.9 Å². The number of anilines is 1. The highest BCUT2D eigenvalue weighted by molar-refractivity contribution is 14.1. The number of nitrogens with zero attached hydrogens (tertiary/aromatic N) is 1. The number of urea groups is 1. The van der Waals surface area contributed by atoms with Crippen molar-refractivity contribution in [3.63, 3.8) is 0 Å². The van der Waals surface area contributed by atoms with Crippen molar-refractivity contribution >= 4 is 68.1 Å². The van der Waals surface area contributed by atoms with Gasteiger partial charge in [0.1, 0.15) is 12.2 Å². The molecule has 4 rings (SSSR count). The van der Waals surface area contributed by atoms with E-state index >= 15 is 0 Å². The summed E-state index contributed by atoms with van der Waals surface area (Å²) in [6, 6.07) is 14.1. The van der Waals surface area contributed by atoms with E-state index < -0.39 is 17.8 Å². The third kappa shape index (κ3) is 6.10. The zero-order valence-electron chi connectivity index (χ0n) is 21.4. The number of amides is 4. The molecule has 4 amide bonds. The minimum absolute atomic E-state index is 0.160. The van der Waals surface area contributed by atoms with Crippen molar-refractivity contribution in [2.75, 3.05) is 11.5 Å². The van der Waals surface area contributed by atoms with Crippen LogP contribution in [0.1, 0.15) is 34.7 Å². The topological polar surface area (TPSA) is 84.9 Å². The highest BCUT2D eigenvalue weighted by atomic mass is 127. The highest BCUT2D eigenvalue weighted by Crippen LogP contribution is 2.36. The van der Waals surface area contributed by atoms with Gasteiger partial charge in [-0.05, 0) is 103 Å². The van der Waals surface area contributed by atoms with Crippen LogP contribution in [0.15, 0.2) is 58.6 Å². The largest absolute Gasteiger partial charge is 0.490 e. The molecule has 1 heterocycles. The second kappa shape index (κ2) is 11.7. The van der Waals surface area contributed by atoms with Crippen LogP contribution in [0.4, 0.5) is 10.5 Å². The minimum Gasteiger partial charge on any atom is -0.490 e. The summed E-state index contributed by atoms with van der Waals surface area (Å²) in [5.41, 5.74) is 4.98. The Hall–Kier alpha value is -3.18. The number of benzene rings is 3. The monoisotopic (exact) mass is 688 g/mol. The first-order chi connectivity index (χ1) is 18.1. The molecule has 196 valence electrons. The smallest absolute Gasteiger partial charge is 0.335 e. The molecule has 7 nitrogen and oxygen atoms in total. The Bertz CT molecular complexity index is 1460. The molecule has 1 N–H and O–H groups in total. The van der Waals surface area contributed by atoms with E-state index in [2.05, 4.69) is 62.0 Å². The first kappa shape index (κ1) is 27.8. The Kier molecular flexibility index (Phi) is 8.57. The SMILES string of the molecule is CCOc1cc(/C=C2/C(=O)NC(=O)N(c3ccc(Br)c(C)c3)C2=O)cc(I)c1OCc1cc(C)cc(C)c1. The fourth-order valence-corrected chi connectivity index (χ4v) is 5.24. The van der Waals surface area contributed by atoms with Crippen LogP contribution in [0.3, 0.4) is 0 Å². The fourth-order valence-electron chi connectivity index (χ4n) is 4.21. The lowest BCUT2D eigenvalue weighted by Gasteiger charge is -2.26. The zero-order chi connectivity index (χ0) is 27.6. The van der Waals surface area contributed by atoms with Crippen molar-refractivity contribution in [1.82, 2.24) is 5.32 Å². The zero-order valence-corrected chi connectivity index (χ0v) is 25.1. The first-order valence-corrected chi connectivity index (χ1v) is 13.8. The summed E-state index contributed by atoms with van der Waals surface area (Å²) >= 11 is 5.57. The summed E-state index contributed by atoms with van der Waals surface area (Å²) in [6.45, 7) is 8.58. The molecule has 9 heteroatoms. The van der Waals surface area contributed by atoms with Crippen LogP contribution in [0.2, 0.25) is 0 Å². The molecule has 0 bridgehead atoms. The van der Waals surface area contributed by atoms with E-state index in [-0.39, 0.29) is 5.57 Å². The number of rotatable bonds is 7. The van der Waals surface area contributed by atoms with Gasteiger partial charge in [0.15, 0.2) is 11.5 Å². The molecular weight excluding hydrogens is 663 g/mol. The molecule has 1 saturated heterocycles. The Labute approximate surface area is 243 Å². The average molecular weight is 689 g/mol. The van der Waals surface area contributed by atoms with E-state index in [4.69, 9.17) is 9.47 Å². The number of halogens is 2. The van der Waals surface area contributed by atoms with Gasteiger partial charge in [0, 0.05) is 4.47 Å². The number of nitrogens with one attached hydrogen (secondary N) is 1. The number of hydrogen-bond acceptors (Lipinski definition) is 5. The molecule has 38 heavy (non-hydrogen) atoms. The van der Waals surface area contributed by atoms with Gasteiger partial charge in [-0.2, -0.15) is 0 Å². The third-order valence-electron chi connectivity index (χ3n) is 5.81. The van der Waals surface area contributed by atoms with Crippen LogP contribution >= 0.6 is 38.5 Å². The van der Waals surface area contributed by atoms with E-state index in [0.29, 0.717) is 36.0 Å². The minimum atomic E-state index is -0.793. The molecular formula is C29H26BrIN2O5. The van der Waals surface area contributed by atoms with Gasteiger partial charge < -0.3 is 9.47 Å². The maximum Gasteiger partial charge on any atom is 0.335 e. The third-order valence-corrected chi connectivity index (χ3v) is 7.50. The molecule has 0 radical (unpaired) electrons. The number of ether oxygens (including phenoxy) is 2. The predicted octanol–water partition coefficient (Wildman–Crippen LogP) is 6.62. The van der Waals surface area contributed by atoms with E-state index in [1.165, 1.54) is 6.08 Å². The second-order valence-corrected chi connectivity index (χ2v) is 11.0. The van der Waals surface area contributed by atoms with Crippen LogP contribution < -0.4 is 19.7 Å². The molecule has 0 spiro atoms. The van der Waals surface area contributed by atoms with Crippen LogP contribution in [0.5, 0.6) is 11.5 Å². The molecule has 0 unspecified atom stereocenters. The average Bonchev–Trinajstić information content (AvgIpc) is 2.83. The van der Waals surface area contributed by atoms with E-state index in [9.17, 15) is 14.4 Å². The van der Waals surface area contributed by atoms with Gasteiger partial charge in [-0.15, -0.1) is 0 Å². The molecule has 1 aliphatic rings. The molecule has 0 aliphatic carbocycles. The van der Waals surface area contributed by atoms with E-state index in [1.54, 1.807) is 30.3 Å². The van der Waals surface area contributed by atoms with Gasteiger partial charge in [-0.25, -0.2) is 9.69 Å². The standard InChI is InChI=1S/C29H26BrIN2O5/c1-5-37-25-14-19(13-24(31)26(25)38-15-20-9-16(2)8-17(3)10-20)12-22-27(34)32-29(36)33(28(22)35)21-6-7-23(30)18(4)11-21/h6-14H,5,15H2,1-4H3,(H,32,34,36)/b22-12-. The molecule has 0 saturated carbocycles. The molecule has 1 fully saturated rings. The second-order valence-electron chi connectivity index (χ2n) is 8.94. The fraction of sp³-hybridized carbons (Fsp3) is 0.207. The lowest BCUT2D eigenvalue weighted by molar-refractivity contribution is -0.122. The number of hydrogen-bond donors (Lipinski definition) is 1. The van der Waals surface area contributed by atoms with Gasteiger partial charge in [-0.1, -0.05) is 45.3 Å². The number of aryl methyl sites for hydroxylation is 3. The van der Waals surface area contributed by atoms with Gasteiger partial charge in [0.05, 0.1) is 15.9 Å². The number of carbonyl (C=O) groups is 3. The molecule has 3 aromatic carbocycles. The summed E-state index contributed by atoms with van der Waals surface area (Å²) in [6.07, 6.45) is 1.46. The Balaban J connectivity index is 1.67. The normalized spacial score (nSPS) is 14.6. The molecule has 0 aromatic heterocycles. The quantitative estimate of drug-likeness (QED) is 0.171. The van der Waals surface area contributed by atoms with Gasteiger partial charge in [0.2, 0.25) is 0 Å². The summed E-state index contributed by atoms with van der Waals surface area (Å²) < 4.78 is 13.6. The summed E-state index contributed by atoms with van der Waals surface area (Å²) in [5, 5.41) is 2.27. The predicted molar refractivity (Wildman–Crippen MR) is 158 cm³/mol. The Morgan fingerprint density at radius 1 is 0.974 bits per heavy atom. The molecule has 3 aromatic rings. The molecule has 0 atom stereocenters. The maximum absolute atomic E-state index is 13.3. The summed E-state index contributed by atoms with van der Waals surface area (Å²) in [4.78, 5) is 39.5. The van der Waals surface area contributed by atoms with Crippen molar-refractivity contribution in [3.8, 4) is 11.5 Å². The lowest BCUT2D eigenvalue weighted by atomic mass is 10.1. The number of carbonyl (C=O) groups excluding carboxylic acids is 3. The van der Waals surface area contributed by atoms with Gasteiger partial charge >= 0.3 is 6.03 Å². The van der Waals surface area contributed by atoms with Crippen molar-refractivity contribution in [3.05, 3.63) is 90.0 Å². The molecule has 1 aliphatic heterocycles. The first-order valence-electron chi connectivity index (χ1n) is 11.9. The maximum atomic E-state index is 13.3. The van der Waals surface area contributed by atoms with E-state index in [0.717, 1.165) is 35.2 Å². The van der Waals surface area contributed by atoms with Gasteiger partial charge in [0.25, 0.3) is 11.8 Å². The van der Waals surface area contributed by atoms with Crippen LogP contribution in [-0.4, -0.2) is 24.5 Å².